The van der Waals surface area contributed by atoms with Gasteiger partial charge in [-0.25, -0.2) is 9.59 Å². The Labute approximate surface area is 243 Å². The molecule has 0 radical (unpaired) electrons. The quantitative estimate of drug-likeness (QED) is 0.207. The Morgan fingerprint density at radius 1 is 1.02 bits per heavy atom. The number of anilines is 1. The fourth-order valence-electron chi connectivity index (χ4n) is 4.33. The number of ether oxygens (including phenoxy) is 3. The third kappa shape index (κ3) is 5.65. The maximum atomic E-state index is 13.3. The zero-order valence-electron chi connectivity index (χ0n) is 21.5. The highest BCUT2D eigenvalue weighted by atomic mass is 35.5. The third-order valence-corrected chi connectivity index (χ3v) is 6.61. The van der Waals surface area contributed by atoms with Crippen molar-refractivity contribution in [3.8, 4) is 17.6 Å². The van der Waals surface area contributed by atoms with Gasteiger partial charge in [-0.1, -0.05) is 53.5 Å². The van der Waals surface area contributed by atoms with Crippen LogP contribution in [0.25, 0.3) is 0 Å². The number of carbonyl (C=O) groups is 2. The van der Waals surface area contributed by atoms with Crippen LogP contribution < -0.4 is 15.4 Å². The normalized spacial score (nSPS) is 14.8. The maximum Gasteiger partial charge on any atom is 0.355 e. The predicted octanol–water partition coefficient (Wildman–Crippen LogP) is 5.59. The molecule has 1 aliphatic rings. The number of hydrogen-bond donors (Lipinski definition) is 1. The van der Waals surface area contributed by atoms with Crippen LogP contribution in [0.5, 0.6) is 11.5 Å². The van der Waals surface area contributed by atoms with Crippen molar-refractivity contribution in [2.45, 2.75) is 5.92 Å². The Morgan fingerprint density at radius 3 is 2.29 bits per heavy atom. The summed E-state index contributed by atoms with van der Waals surface area (Å²) in [5.41, 5.74) is 5.65. The first-order chi connectivity index (χ1) is 19.6. The Hall–Kier alpha value is -5.05. The molecule has 2 N–H and O–H groups in total. The van der Waals surface area contributed by atoms with E-state index in [0.717, 1.165) is 31.3 Å². The van der Waals surface area contributed by atoms with E-state index < -0.39 is 34.2 Å². The molecular weight excluding hydrogens is 575 g/mol. The van der Waals surface area contributed by atoms with Crippen LogP contribution in [0.2, 0.25) is 10.0 Å². The molecule has 0 fully saturated rings. The van der Waals surface area contributed by atoms with Crippen LogP contribution >= 0.6 is 23.2 Å². The van der Waals surface area contributed by atoms with Gasteiger partial charge in [0.25, 0.3) is 5.69 Å². The molecule has 0 saturated heterocycles. The fourth-order valence-corrected chi connectivity index (χ4v) is 4.77. The molecule has 13 heteroatoms. The van der Waals surface area contributed by atoms with E-state index in [1.807, 2.05) is 6.07 Å². The molecule has 41 heavy (non-hydrogen) atoms. The summed E-state index contributed by atoms with van der Waals surface area (Å²) in [4.78, 5) is 38.7. The SMILES string of the molecule is COC(=O)C1=C(C(=O)OC)N(c2cc(Oc3ccc(Cl)cc3Cl)cc([N+](=O)[O-])c2)C(N)=C(C#N)C1c1ccccc1. The highest BCUT2D eigenvalue weighted by Gasteiger charge is 2.43. The van der Waals surface area contributed by atoms with E-state index in [1.54, 1.807) is 30.3 Å². The molecule has 0 aromatic heterocycles. The van der Waals surface area contributed by atoms with Crippen molar-refractivity contribution in [3.63, 3.8) is 0 Å². The minimum atomic E-state index is -1.11. The van der Waals surface area contributed by atoms with Gasteiger partial charge in [0, 0.05) is 17.2 Å². The highest BCUT2D eigenvalue weighted by Crippen LogP contribution is 2.45. The van der Waals surface area contributed by atoms with E-state index in [4.69, 9.17) is 43.1 Å². The standard InChI is InChI=1S/C28H20Cl2N4O7/c1-39-27(35)24-23(15-6-4-3-5-7-15)20(14-31)26(32)33(25(24)28(36)40-2)17-11-18(34(37)38)13-19(12-17)41-22-9-8-16(29)10-21(22)30/h3-13,23H,32H2,1-2H3. The lowest BCUT2D eigenvalue weighted by Gasteiger charge is -2.35. The number of hydrogen-bond acceptors (Lipinski definition) is 10. The molecule has 1 aliphatic heterocycles. The molecule has 0 saturated carbocycles. The number of nitro benzene ring substituents is 1. The zero-order valence-corrected chi connectivity index (χ0v) is 23.0. The van der Waals surface area contributed by atoms with Crippen LogP contribution in [0.15, 0.2) is 89.4 Å². The van der Waals surface area contributed by atoms with Crippen LogP contribution in [0, 0.1) is 21.4 Å². The van der Waals surface area contributed by atoms with E-state index in [9.17, 15) is 25.0 Å². The number of non-ortho nitro benzene ring substituents is 1. The number of halogens is 2. The number of carbonyl (C=O) groups excluding carboxylic acids is 2. The van der Waals surface area contributed by atoms with Gasteiger partial charge in [-0.05, 0) is 23.8 Å². The first-order valence-corrected chi connectivity index (χ1v) is 12.4. The molecule has 3 aromatic carbocycles. The average Bonchev–Trinajstić information content (AvgIpc) is 2.97. The second-order valence-electron chi connectivity index (χ2n) is 8.45. The van der Waals surface area contributed by atoms with E-state index in [0.29, 0.717) is 10.6 Å². The van der Waals surface area contributed by atoms with E-state index in [-0.39, 0.29) is 39.2 Å². The van der Waals surface area contributed by atoms with Crippen LogP contribution in [-0.4, -0.2) is 31.1 Å². The molecule has 3 aromatic rings. The van der Waals surface area contributed by atoms with Gasteiger partial charge in [-0.15, -0.1) is 0 Å². The summed E-state index contributed by atoms with van der Waals surface area (Å²) in [5, 5.41) is 22.6. The molecule has 4 rings (SSSR count). The van der Waals surface area contributed by atoms with E-state index in [1.165, 1.54) is 24.3 Å². The number of benzene rings is 3. The van der Waals surface area contributed by atoms with Crippen molar-refractivity contribution in [3.05, 3.63) is 115 Å². The number of rotatable bonds is 7. The molecule has 0 amide bonds. The number of nitriles is 1. The second kappa shape index (κ2) is 12.0. The minimum absolute atomic E-state index is 0.0706. The van der Waals surface area contributed by atoms with Crippen molar-refractivity contribution in [1.82, 2.24) is 0 Å². The van der Waals surface area contributed by atoms with Gasteiger partial charge in [0.15, 0.2) is 0 Å². The molecule has 1 heterocycles. The molecule has 1 atom stereocenters. The summed E-state index contributed by atoms with van der Waals surface area (Å²) in [6, 6.07) is 18.4. The van der Waals surface area contributed by atoms with E-state index in [2.05, 4.69) is 0 Å². The van der Waals surface area contributed by atoms with Gasteiger partial charge in [0.2, 0.25) is 0 Å². The summed E-state index contributed by atoms with van der Waals surface area (Å²) in [6.45, 7) is 0. The first kappa shape index (κ1) is 28.9. The Kier molecular flexibility index (Phi) is 8.47. The average molecular weight is 595 g/mol. The fraction of sp³-hybridized carbons (Fsp3) is 0.107. The molecule has 0 bridgehead atoms. The number of nitrogens with two attached hydrogens (primary N) is 1. The summed E-state index contributed by atoms with van der Waals surface area (Å²) in [5.74, 6) is -3.28. The van der Waals surface area contributed by atoms with Gasteiger partial charge in [-0.3, -0.25) is 15.0 Å². The van der Waals surface area contributed by atoms with Crippen molar-refractivity contribution >= 4 is 46.5 Å². The summed E-state index contributed by atoms with van der Waals surface area (Å²) in [6.07, 6.45) is 0. The number of nitro groups is 1. The Bertz CT molecular complexity index is 1670. The Morgan fingerprint density at radius 2 is 1.71 bits per heavy atom. The highest BCUT2D eigenvalue weighted by molar-refractivity contribution is 6.35. The topological polar surface area (TPSA) is 158 Å². The maximum absolute atomic E-state index is 13.3. The number of allylic oxidation sites excluding steroid dienone is 1. The number of methoxy groups -OCH3 is 2. The van der Waals surface area contributed by atoms with Crippen molar-refractivity contribution < 1.29 is 28.7 Å². The van der Waals surface area contributed by atoms with Gasteiger partial charge < -0.3 is 19.9 Å². The van der Waals surface area contributed by atoms with Crippen LogP contribution in [0.1, 0.15) is 11.5 Å². The molecule has 0 spiro atoms. The van der Waals surface area contributed by atoms with Gasteiger partial charge in [-0.2, -0.15) is 5.26 Å². The molecule has 0 aliphatic carbocycles. The van der Waals surface area contributed by atoms with Crippen LogP contribution in [0.4, 0.5) is 11.4 Å². The largest absolute Gasteiger partial charge is 0.466 e. The smallest absolute Gasteiger partial charge is 0.355 e. The lowest BCUT2D eigenvalue weighted by Crippen LogP contribution is -2.40. The summed E-state index contributed by atoms with van der Waals surface area (Å²) >= 11 is 12.2. The predicted molar refractivity (Wildman–Crippen MR) is 149 cm³/mol. The third-order valence-electron chi connectivity index (χ3n) is 6.08. The van der Waals surface area contributed by atoms with Crippen molar-refractivity contribution in [2.24, 2.45) is 5.73 Å². The second-order valence-corrected chi connectivity index (χ2v) is 9.30. The lowest BCUT2D eigenvalue weighted by molar-refractivity contribution is -0.384. The van der Waals surface area contributed by atoms with Crippen LogP contribution in [0.3, 0.4) is 0 Å². The molecule has 208 valence electrons. The Balaban J connectivity index is 2.02. The minimum Gasteiger partial charge on any atom is -0.466 e. The van der Waals surface area contributed by atoms with E-state index >= 15 is 0 Å². The zero-order chi connectivity index (χ0) is 29.8. The molecule has 1 unspecified atom stereocenters. The van der Waals surface area contributed by atoms with Gasteiger partial charge >= 0.3 is 11.9 Å². The molecule has 11 nitrogen and oxygen atoms in total. The number of esters is 2. The van der Waals surface area contributed by atoms with Crippen molar-refractivity contribution in [1.29, 1.82) is 5.26 Å². The van der Waals surface area contributed by atoms with Gasteiger partial charge in [0.05, 0.1) is 59.1 Å². The summed E-state index contributed by atoms with van der Waals surface area (Å²) in [7, 11) is 2.20. The van der Waals surface area contributed by atoms with Crippen molar-refractivity contribution in [2.75, 3.05) is 19.1 Å². The first-order valence-electron chi connectivity index (χ1n) is 11.7. The van der Waals surface area contributed by atoms with Gasteiger partial charge in [0.1, 0.15) is 23.0 Å². The monoisotopic (exact) mass is 594 g/mol. The molecular formula is C28H20Cl2N4O7. The number of nitrogens with zero attached hydrogens (tertiary/aromatic N) is 3. The lowest BCUT2D eigenvalue weighted by atomic mass is 9.81. The summed E-state index contributed by atoms with van der Waals surface area (Å²) < 4.78 is 15.8. The van der Waals surface area contributed by atoms with Crippen LogP contribution in [-0.2, 0) is 19.1 Å².